The third-order valence-corrected chi connectivity index (χ3v) is 3.08. The molecule has 2 aromatic rings. The highest BCUT2D eigenvalue weighted by Crippen LogP contribution is 2.32. The van der Waals surface area contributed by atoms with Gasteiger partial charge in [0, 0.05) is 16.6 Å². The highest BCUT2D eigenvalue weighted by molar-refractivity contribution is 6.10. The van der Waals surface area contributed by atoms with E-state index < -0.39 is 0 Å². The van der Waals surface area contributed by atoms with E-state index in [4.69, 9.17) is 0 Å². The summed E-state index contributed by atoms with van der Waals surface area (Å²) in [7, 11) is 0. The van der Waals surface area contributed by atoms with E-state index in [1.165, 1.54) is 0 Å². The number of carbonyl (C=O) groups excluding carboxylic acids is 2. The monoisotopic (exact) mass is 214 g/mol. The summed E-state index contributed by atoms with van der Waals surface area (Å²) in [6, 6.07) is 5.60. The van der Waals surface area contributed by atoms with Crippen LogP contribution in [0.2, 0.25) is 0 Å². The summed E-state index contributed by atoms with van der Waals surface area (Å²) in [5, 5.41) is 3.72. The van der Waals surface area contributed by atoms with Crippen LogP contribution in [0.25, 0.3) is 10.9 Å². The quantitative estimate of drug-likeness (QED) is 0.735. The van der Waals surface area contributed by atoms with Crippen molar-refractivity contribution in [2.75, 3.05) is 5.32 Å². The molecule has 1 aliphatic heterocycles. The minimum atomic E-state index is -0.0452. The number of para-hydroxylation sites is 1. The zero-order valence-electron chi connectivity index (χ0n) is 8.78. The molecule has 0 bridgehead atoms. The van der Waals surface area contributed by atoms with Gasteiger partial charge in [-0.05, 0) is 13.0 Å². The van der Waals surface area contributed by atoms with E-state index in [1.54, 1.807) is 0 Å². The van der Waals surface area contributed by atoms with Gasteiger partial charge in [-0.15, -0.1) is 0 Å². The van der Waals surface area contributed by atoms with Crippen LogP contribution in [0.3, 0.4) is 0 Å². The molecule has 1 amide bonds. The molecular weight excluding hydrogens is 204 g/mol. The number of nitrogens with zero attached hydrogens (tertiary/aromatic N) is 1. The smallest absolute Gasteiger partial charge is 0.244 e. The second-order valence-electron chi connectivity index (χ2n) is 3.95. The van der Waals surface area contributed by atoms with Crippen LogP contribution in [-0.4, -0.2) is 16.8 Å². The van der Waals surface area contributed by atoms with Crippen LogP contribution < -0.4 is 5.32 Å². The lowest BCUT2D eigenvalue weighted by Gasteiger charge is -2.17. The van der Waals surface area contributed by atoms with Crippen molar-refractivity contribution in [2.45, 2.75) is 13.5 Å². The van der Waals surface area contributed by atoms with Gasteiger partial charge in [0.2, 0.25) is 5.91 Å². The first-order chi connectivity index (χ1) is 7.72. The van der Waals surface area contributed by atoms with Crippen molar-refractivity contribution < 1.29 is 9.59 Å². The average molecular weight is 214 g/mol. The molecule has 80 valence electrons. The van der Waals surface area contributed by atoms with Gasteiger partial charge in [0.15, 0.2) is 6.29 Å². The summed E-state index contributed by atoms with van der Waals surface area (Å²) in [5.74, 6) is -0.0452. The molecule has 3 rings (SSSR count). The molecule has 1 aromatic heterocycles. The van der Waals surface area contributed by atoms with E-state index in [9.17, 15) is 9.59 Å². The number of aldehydes is 1. The number of aromatic nitrogens is 1. The number of nitrogens with one attached hydrogen (secondary N) is 1. The van der Waals surface area contributed by atoms with E-state index in [1.807, 2.05) is 29.7 Å². The molecular formula is C12H10N2O2. The molecule has 0 fully saturated rings. The molecule has 0 aliphatic carbocycles. The molecule has 4 nitrogen and oxygen atoms in total. The lowest BCUT2D eigenvalue weighted by molar-refractivity contribution is -0.116. The highest BCUT2D eigenvalue weighted by atomic mass is 16.2. The van der Waals surface area contributed by atoms with Crippen LogP contribution in [0.5, 0.6) is 0 Å². The molecule has 2 heterocycles. The molecule has 4 heteroatoms. The van der Waals surface area contributed by atoms with Gasteiger partial charge in [-0.3, -0.25) is 9.59 Å². The normalized spacial score (nSPS) is 13.9. The zero-order chi connectivity index (χ0) is 11.3. The highest BCUT2D eigenvalue weighted by Gasteiger charge is 2.22. The predicted molar refractivity (Wildman–Crippen MR) is 60.7 cm³/mol. The van der Waals surface area contributed by atoms with Crippen LogP contribution in [0.15, 0.2) is 18.2 Å². The Kier molecular flexibility index (Phi) is 1.68. The third-order valence-electron chi connectivity index (χ3n) is 3.08. The summed E-state index contributed by atoms with van der Waals surface area (Å²) in [6.07, 6.45) is 0.855. The van der Waals surface area contributed by atoms with Gasteiger partial charge in [-0.1, -0.05) is 12.1 Å². The molecule has 0 atom stereocenters. The second kappa shape index (κ2) is 2.95. The lowest BCUT2D eigenvalue weighted by atomic mass is 10.1. The van der Waals surface area contributed by atoms with Gasteiger partial charge in [-0.2, -0.15) is 0 Å². The number of hydrogen-bond acceptors (Lipinski definition) is 2. The first kappa shape index (κ1) is 9.15. The fraction of sp³-hybridized carbons (Fsp3) is 0.167. The maximum absolute atomic E-state index is 11.5. The first-order valence-corrected chi connectivity index (χ1v) is 5.09. The minimum Gasteiger partial charge on any atom is -0.333 e. The van der Waals surface area contributed by atoms with Crippen LogP contribution in [0, 0.1) is 6.92 Å². The zero-order valence-corrected chi connectivity index (χ0v) is 8.78. The number of amides is 1. The molecule has 0 saturated heterocycles. The van der Waals surface area contributed by atoms with E-state index in [2.05, 4.69) is 5.32 Å². The SMILES string of the molecule is Cc1c(C=O)c2cccc3c2n1CC(=O)N3. The predicted octanol–water partition coefficient (Wildman–Crippen LogP) is 1.71. The fourth-order valence-electron chi connectivity index (χ4n) is 2.34. The Labute approximate surface area is 91.9 Å². The number of benzene rings is 1. The molecule has 16 heavy (non-hydrogen) atoms. The van der Waals surface area contributed by atoms with Gasteiger partial charge < -0.3 is 9.88 Å². The Balaban J connectivity index is 2.51. The summed E-state index contributed by atoms with van der Waals surface area (Å²) in [6.45, 7) is 2.15. The van der Waals surface area contributed by atoms with Crippen LogP contribution in [-0.2, 0) is 11.3 Å². The van der Waals surface area contributed by atoms with Gasteiger partial charge in [0.05, 0.1) is 11.2 Å². The fourth-order valence-corrected chi connectivity index (χ4v) is 2.34. The second-order valence-corrected chi connectivity index (χ2v) is 3.95. The molecule has 1 aromatic carbocycles. The van der Waals surface area contributed by atoms with Crippen molar-refractivity contribution in [3.8, 4) is 0 Å². The molecule has 0 unspecified atom stereocenters. The van der Waals surface area contributed by atoms with Gasteiger partial charge >= 0.3 is 0 Å². The topological polar surface area (TPSA) is 51.1 Å². The number of hydrogen-bond donors (Lipinski definition) is 1. The largest absolute Gasteiger partial charge is 0.333 e. The minimum absolute atomic E-state index is 0.0452. The van der Waals surface area contributed by atoms with Gasteiger partial charge in [0.1, 0.15) is 6.54 Å². The third kappa shape index (κ3) is 0.984. The number of anilines is 1. The van der Waals surface area contributed by atoms with Crippen LogP contribution >= 0.6 is 0 Å². The van der Waals surface area contributed by atoms with Crippen LogP contribution in [0.4, 0.5) is 5.69 Å². The molecule has 0 radical (unpaired) electrons. The Bertz CT molecular complexity index is 625. The summed E-state index contributed by atoms with van der Waals surface area (Å²) < 4.78 is 1.90. The maximum Gasteiger partial charge on any atom is 0.244 e. The van der Waals surface area contributed by atoms with Crippen molar-refractivity contribution in [1.29, 1.82) is 0 Å². The van der Waals surface area contributed by atoms with Gasteiger partial charge in [0.25, 0.3) is 0 Å². The van der Waals surface area contributed by atoms with Crippen molar-refractivity contribution >= 4 is 28.8 Å². The van der Waals surface area contributed by atoms with Crippen molar-refractivity contribution in [3.63, 3.8) is 0 Å². The Morgan fingerprint density at radius 2 is 2.25 bits per heavy atom. The van der Waals surface area contributed by atoms with E-state index in [0.717, 1.165) is 28.6 Å². The van der Waals surface area contributed by atoms with E-state index in [-0.39, 0.29) is 12.5 Å². The van der Waals surface area contributed by atoms with Crippen molar-refractivity contribution in [3.05, 3.63) is 29.5 Å². The van der Waals surface area contributed by atoms with Crippen LogP contribution in [0.1, 0.15) is 16.1 Å². The van der Waals surface area contributed by atoms with Crippen molar-refractivity contribution in [1.82, 2.24) is 4.57 Å². The summed E-state index contributed by atoms with van der Waals surface area (Å²) >= 11 is 0. The standard InChI is InChI=1S/C12H10N2O2/c1-7-9(6-15)8-3-2-4-10-12(8)14(7)5-11(16)13-10/h2-4,6H,5H2,1H3,(H,13,16). The molecule has 0 spiro atoms. The molecule has 1 aliphatic rings. The van der Waals surface area contributed by atoms with E-state index >= 15 is 0 Å². The maximum atomic E-state index is 11.5. The number of rotatable bonds is 1. The molecule has 1 N–H and O–H groups in total. The van der Waals surface area contributed by atoms with Crippen molar-refractivity contribution in [2.24, 2.45) is 0 Å². The van der Waals surface area contributed by atoms with E-state index in [0.29, 0.717) is 5.56 Å². The summed E-state index contributed by atoms with van der Waals surface area (Å²) in [4.78, 5) is 22.6. The first-order valence-electron chi connectivity index (χ1n) is 5.09. The Morgan fingerprint density at radius 3 is 3.00 bits per heavy atom. The number of carbonyl (C=O) groups is 2. The Morgan fingerprint density at radius 1 is 1.44 bits per heavy atom. The summed E-state index contributed by atoms with van der Waals surface area (Å²) in [5.41, 5.74) is 3.26. The molecule has 0 saturated carbocycles. The Hall–Kier alpha value is -2.10. The van der Waals surface area contributed by atoms with Gasteiger partial charge in [-0.25, -0.2) is 0 Å². The lowest BCUT2D eigenvalue weighted by Crippen LogP contribution is -2.24. The average Bonchev–Trinajstić information content (AvgIpc) is 2.54.